The molecule has 0 spiro atoms. The lowest BCUT2D eigenvalue weighted by molar-refractivity contribution is -0.140. The number of aliphatic hydroxyl groups is 1. The van der Waals surface area contributed by atoms with Gasteiger partial charge in [-0.3, -0.25) is 9.59 Å². The molecule has 1 unspecified atom stereocenters. The van der Waals surface area contributed by atoms with Gasteiger partial charge in [0, 0.05) is 19.2 Å². The molecule has 1 fully saturated rings. The van der Waals surface area contributed by atoms with E-state index in [1.54, 1.807) is 55.6 Å². The van der Waals surface area contributed by atoms with Gasteiger partial charge >= 0.3 is 0 Å². The molecule has 3 aromatic carbocycles. The predicted octanol–water partition coefficient (Wildman–Crippen LogP) is 4.65. The minimum atomic E-state index is -0.771. The topological polar surface area (TPSA) is 85.3 Å². The molecule has 0 saturated carbocycles. The van der Waals surface area contributed by atoms with Crippen molar-refractivity contribution < 1.29 is 28.9 Å². The zero-order chi connectivity index (χ0) is 25.7. The number of carbonyl (C=O) groups is 2. The molecule has 1 saturated heterocycles. The van der Waals surface area contributed by atoms with Crippen LogP contribution in [0.1, 0.15) is 28.3 Å². The molecular weight excluding hydrogens is 458 g/mol. The average Bonchev–Trinajstić information content (AvgIpc) is 3.15. The average molecular weight is 488 g/mol. The van der Waals surface area contributed by atoms with Gasteiger partial charge in [0.05, 0.1) is 25.3 Å². The van der Waals surface area contributed by atoms with E-state index >= 15 is 0 Å². The van der Waals surface area contributed by atoms with Gasteiger partial charge in [-0.05, 0) is 54.4 Å². The number of carbonyl (C=O) groups excluding carboxylic acids is 2. The highest BCUT2D eigenvalue weighted by molar-refractivity contribution is 6.46. The Labute approximate surface area is 210 Å². The lowest BCUT2D eigenvalue weighted by atomic mass is 9.95. The molecular formula is C29H29NO6. The van der Waals surface area contributed by atoms with Crippen molar-refractivity contribution in [1.29, 1.82) is 0 Å². The lowest BCUT2D eigenvalue weighted by Gasteiger charge is -2.25. The zero-order valence-electron chi connectivity index (χ0n) is 20.6. The molecule has 0 aliphatic carbocycles. The van der Waals surface area contributed by atoms with Gasteiger partial charge in [0.1, 0.15) is 23.9 Å². The highest BCUT2D eigenvalue weighted by Crippen LogP contribution is 2.40. The van der Waals surface area contributed by atoms with Crippen molar-refractivity contribution in [3.8, 4) is 11.5 Å². The highest BCUT2D eigenvalue weighted by Gasteiger charge is 2.46. The molecule has 1 heterocycles. The Bertz CT molecular complexity index is 1280. The summed E-state index contributed by atoms with van der Waals surface area (Å²) in [4.78, 5) is 27.4. The van der Waals surface area contributed by atoms with E-state index in [0.717, 1.165) is 11.1 Å². The van der Waals surface area contributed by atoms with E-state index in [4.69, 9.17) is 14.2 Å². The molecule has 0 radical (unpaired) electrons. The minimum Gasteiger partial charge on any atom is -0.507 e. The number of likely N-dealkylation sites (tertiary alicyclic amines) is 1. The molecule has 7 heteroatoms. The van der Waals surface area contributed by atoms with Gasteiger partial charge in [0.15, 0.2) is 0 Å². The van der Waals surface area contributed by atoms with E-state index in [2.05, 4.69) is 6.07 Å². The van der Waals surface area contributed by atoms with E-state index in [9.17, 15) is 14.7 Å². The van der Waals surface area contributed by atoms with Crippen LogP contribution in [0, 0.1) is 6.92 Å². The van der Waals surface area contributed by atoms with E-state index in [0.29, 0.717) is 29.2 Å². The maximum Gasteiger partial charge on any atom is 0.295 e. The number of aliphatic hydroxyl groups excluding tert-OH is 1. The molecule has 1 amide bonds. The predicted molar refractivity (Wildman–Crippen MR) is 136 cm³/mol. The molecule has 7 nitrogen and oxygen atoms in total. The first-order valence-corrected chi connectivity index (χ1v) is 11.6. The number of hydrogen-bond donors (Lipinski definition) is 1. The second-order valence-electron chi connectivity index (χ2n) is 8.56. The number of amides is 1. The van der Waals surface area contributed by atoms with Gasteiger partial charge in [-0.25, -0.2) is 0 Å². The van der Waals surface area contributed by atoms with E-state index < -0.39 is 17.7 Å². The number of ether oxygens (including phenoxy) is 3. The molecule has 1 aliphatic rings. The number of benzene rings is 3. The summed E-state index contributed by atoms with van der Waals surface area (Å²) >= 11 is 0. The van der Waals surface area contributed by atoms with Gasteiger partial charge in [0.25, 0.3) is 11.7 Å². The summed E-state index contributed by atoms with van der Waals surface area (Å²) in [6.45, 7) is 2.89. The van der Waals surface area contributed by atoms with Crippen LogP contribution in [0.25, 0.3) is 5.76 Å². The quantitative estimate of drug-likeness (QED) is 0.269. The van der Waals surface area contributed by atoms with Crippen LogP contribution in [0.15, 0.2) is 78.4 Å². The summed E-state index contributed by atoms with van der Waals surface area (Å²) in [7, 11) is 3.07. The second-order valence-corrected chi connectivity index (χ2v) is 8.56. The minimum absolute atomic E-state index is 0.0257. The van der Waals surface area contributed by atoms with Gasteiger partial charge in [-0.2, -0.15) is 0 Å². The van der Waals surface area contributed by atoms with Gasteiger partial charge < -0.3 is 24.2 Å². The smallest absolute Gasteiger partial charge is 0.295 e. The first-order chi connectivity index (χ1) is 17.4. The number of rotatable bonds is 9. The van der Waals surface area contributed by atoms with Crippen molar-refractivity contribution in [2.45, 2.75) is 19.6 Å². The van der Waals surface area contributed by atoms with Crippen molar-refractivity contribution in [2.75, 3.05) is 27.4 Å². The highest BCUT2D eigenvalue weighted by atomic mass is 16.5. The monoisotopic (exact) mass is 487 g/mol. The van der Waals surface area contributed by atoms with Crippen molar-refractivity contribution in [3.63, 3.8) is 0 Å². The van der Waals surface area contributed by atoms with Gasteiger partial charge in [0.2, 0.25) is 0 Å². The van der Waals surface area contributed by atoms with Gasteiger partial charge in [-0.15, -0.1) is 0 Å². The normalized spacial score (nSPS) is 16.9. The molecule has 1 N–H and O–H groups in total. The number of aryl methyl sites for hydroxylation is 1. The van der Waals surface area contributed by atoms with Crippen LogP contribution in [-0.4, -0.2) is 49.1 Å². The van der Waals surface area contributed by atoms with E-state index in [-0.39, 0.29) is 24.5 Å². The van der Waals surface area contributed by atoms with Crippen LogP contribution in [0.3, 0.4) is 0 Å². The number of hydrogen-bond acceptors (Lipinski definition) is 6. The molecule has 36 heavy (non-hydrogen) atoms. The van der Waals surface area contributed by atoms with Crippen molar-refractivity contribution in [3.05, 3.63) is 101 Å². The summed E-state index contributed by atoms with van der Waals surface area (Å²) in [5.74, 6) is -0.458. The Balaban J connectivity index is 1.65. The van der Waals surface area contributed by atoms with Crippen LogP contribution in [0.5, 0.6) is 11.5 Å². The SMILES string of the molecule is COCCN1C(=O)C(=O)C(=C(O)c2ccc(OCc3cccc(C)c3)cc2)C1c1cccc(OC)c1. The molecule has 1 atom stereocenters. The molecule has 0 aromatic heterocycles. The van der Waals surface area contributed by atoms with Crippen molar-refractivity contribution in [2.24, 2.45) is 0 Å². The third kappa shape index (κ3) is 5.26. The standard InChI is InChI=1S/C29H29NO6/c1-19-6-4-7-20(16-19)18-36-23-12-10-21(11-13-23)27(31)25-26(22-8-5-9-24(17-22)35-3)30(14-15-34-2)29(33)28(25)32/h4-13,16-17,26,31H,14-15,18H2,1-3H3. The Kier molecular flexibility index (Phi) is 7.71. The lowest BCUT2D eigenvalue weighted by Crippen LogP contribution is -2.32. The maximum atomic E-state index is 13.1. The zero-order valence-corrected chi connectivity index (χ0v) is 20.6. The summed E-state index contributed by atoms with van der Waals surface area (Å²) in [6, 6.07) is 21.2. The Hall–Kier alpha value is -4.10. The number of Topliss-reactive ketones (excluding diaryl/α,β-unsaturated/α-hetero) is 1. The Morgan fingerprint density at radius 1 is 0.944 bits per heavy atom. The van der Waals surface area contributed by atoms with Crippen LogP contribution in [-0.2, 0) is 20.9 Å². The largest absolute Gasteiger partial charge is 0.507 e. The van der Waals surface area contributed by atoms with Crippen LogP contribution >= 0.6 is 0 Å². The Morgan fingerprint density at radius 3 is 2.39 bits per heavy atom. The fourth-order valence-corrected chi connectivity index (χ4v) is 4.29. The molecule has 186 valence electrons. The third-order valence-electron chi connectivity index (χ3n) is 6.10. The van der Waals surface area contributed by atoms with Crippen LogP contribution in [0.4, 0.5) is 0 Å². The first-order valence-electron chi connectivity index (χ1n) is 11.6. The molecule has 0 bridgehead atoms. The first kappa shape index (κ1) is 25.0. The third-order valence-corrected chi connectivity index (χ3v) is 6.10. The van der Waals surface area contributed by atoms with E-state index in [1.165, 1.54) is 12.0 Å². The fourth-order valence-electron chi connectivity index (χ4n) is 4.29. The van der Waals surface area contributed by atoms with Gasteiger partial charge in [-0.1, -0.05) is 42.0 Å². The number of methoxy groups -OCH3 is 2. The Morgan fingerprint density at radius 2 is 1.69 bits per heavy atom. The molecule has 3 aromatic rings. The summed E-state index contributed by atoms with van der Waals surface area (Å²) in [5.41, 5.74) is 3.30. The second kappa shape index (κ2) is 11.1. The fraction of sp³-hybridized carbons (Fsp3) is 0.241. The summed E-state index contributed by atoms with van der Waals surface area (Å²) in [5, 5.41) is 11.2. The number of ketones is 1. The van der Waals surface area contributed by atoms with E-state index in [1.807, 2.05) is 25.1 Å². The van der Waals surface area contributed by atoms with Crippen LogP contribution in [0.2, 0.25) is 0 Å². The van der Waals surface area contributed by atoms with Crippen LogP contribution < -0.4 is 9.47 Å². The molecule has 4 rings (SSSR count). The van der Waals surface area contributed by atoms with Crippen molar-refractivity contribution >= 4 is 17.4 Å². The summed E-state index contributed by atoms with van der Waals surface area (Å²) < 4.78 is 16.4. The van der Waals surface area contributed by atoms with Crippen molar-refractivity contribution in [1.82, 2.24) is 4.90 Å². The number of nitrogens with zero attached hydrogens (tertiary/aromatic N) is 1. The maximum absolute atomic E-state index is 13.1. The molecule has 1 aliphatic heterocycles. The summed E-state index contributed by atoms with van der Waals surface area (Å²) in [6.07, 6.45) is 0.